The molecule has 0 atom stereocenters. The highest BCUT2D eigenvalue weighted by Crippen LogP contribution is 2.47. The Morgan fingerprint density at radius 3 is 2.57 bits per heavy atom. The largest absolute Gasteiger partial charge is 0.448 e. The molecule has 142 valence electrons. The Kier molecular flexibility index (Phi) is 3.86. The smallest absolute Gasteiger partial charge is 0.276 e. The number of para-hydroxylation sites is 1. The molecule has 1 aliphatic heterocycles. The van der Waals surface area contributed by atoms with Crippen molar-refractivity contribution in [2.24, 2.45) is 0 Å². The third kappa shape index (κ3) is 2.91. The number of fused-ring (bicyclic) bond motifs is 1. The van der Waals surface area contributed by atoms with Crippen molar-refractivity contribution >= 4 is 11.6 Å². The van der Waals surface area contributed by atoms with Crippen molar-refractivity contribution in [1.82, 2.24) is 9.78 Å². The lowest BCUT2D eigenvalue weighted by molar-refractivity contribution is -0.0716. The van der Waals surface area contributed by atoms with Crippen molar-refractivity contribution in [3.05, 3.63) is 66.0 Å². The maximum atomic E-state index is 12.7. The summed E-state index contributed by atoms with van der Waals surface area (Å²) in [6, 6.07) is 17.0. The molecule has 3 aromatic rings. The second kappa shape index (κ2) is 6.41. The van der Waals surface area contributed by atoms with Crippen LogP contribution in [0.4, 0.5) is 5.69 Å². The van der Waals surface area contributed by atoms with Crippen LogP contribution in [-0.4, -0.2) is 21.5 Å². The summed E-state index contributed by atoms with van der Waals surface area (Å²) in [5, 5.41) is 7.36. The fraction of sp³-hybridized carbons (Fsp3) is 0.273. The van der Waals surface area contributed by atoms with Gasteiger partial charge >= 0.3 is 0 Å². The van der Waals surface area contributed by atoms with Gasteiger partial charge in [0, 0.05) is 30.3 Å². The van der Waals surface area contributed by atoms with Gasteiger partial charge in [-0.25, -0.2) is 4.68 Å². The molecule has 2 aromatic carbocycles. The number of hydrogen-bond donors (Lipinski definition) is 1. The van der Waals surface area contributed by atoms with Crippen molar-refractivity contribution in [2.75, 3.05) is 5.32 Å². The highest BCUT2D eigenvalue weighted by molar-refractivity contribution is 6.03. The number of ether oxygens (including phenoxy) is 2. The molecule has 2 aliphatic rings. The maximum absolute atomic E-state index is 12.7. The molecule has 0 unspecified atom stereocenters. The summed E-state index contributed by atoms with van der Waals surface area (Å²) < 4.78 is 13.9. The number of nitrogens with zero attached hydrogens (tertiary/aromatic N) is 2. The molecular formula is C22H21N3O3. The zero-order chi connectivity index (χ0) is 19.1. The lowest BCUT2D eigenvalue weighted by Gasteiger charge is -2.21. The number of hydrogen-bond acceptors (Lipinski definition) is 4. The highest BCUT2D eigenvalue weighted by Gasteiger charge is 2.44. The van der Waals surface area contributed by atoms with Crippen LogP contribution in [-0.2, 0) is 0 Å². The number of aromatic nitrogens is 2. The van der Waals surface area contributed by atoms with E-state index < -0.39 is 5.79 Å². The molecule has 0 bridgehead atoms. The Hall–Kier alpha value is -3.28. The SMILES string of the molecule is Cc1cc(C(=O)Nc2ccc3c(c2)OC2(CCCC2)O3)nn1-c1ccccc1. The maximum Gasteiger partial charge on any atom is 0.276 e. The van der Waals surface area contributed by atoms with E-state index >= 15 is 0 Å². The van der Waals surface area contributed by atoms with Crippen LogP contribution in [0.3, 0.4) is 0 Å². The molecule has 1 aromatic heterocycles. The van der Waals surface area contributed by atoms with E-state index in [0.717, 1.165) is 42.8 Å². The van der Waals surface area contributed by atoms with Gasteiger partial charge in [0.15, 0.2) is 17.2 Å². The van der Waals surface area contributed by atoms with Gasteiger partial charge in [-0.2, -0.15) is 5.10 Å². The van der Waals surface area contributed by atoms with E-state index in [1.807, 2.05) is 55.5 Å². The van der Waals surface area contributed by atoms with Gasteiger partial charge in [0.1, 0.15) is 0 Å². The molecule has 0 radical (unpaired) electrons. The first kappa shape index (κ1) is 16.9. The van der Waals surface area contributed by atoms with Crippen LogP contribution >= 0.6 is 0 Å². The summed E-state index contributed by atoms with van der Waals surface area (Å²) in [6.07, 6.45) is 4.03. The number of carbonyl (C=O) groups is 1. The zero-order valence-electron chi connectivity index (χ0n) is 15.6. The minimum Gasteiger partial charge on any atom is -0.448 e. The molecule has 1 fully saturated rings. The van der Waals surface area contributed by atoms with Gasteiger partial charge in [-0.1, -0.05) is 18.2 Å². The molecule has 1 N–H and O–H groups in total. The normalized spacial score (nSPS) is 16.5. The molecule has 28 heavy (non-hydrogen) atoms. The van der Waals surface area contributed by atoms with Gasteiger partial charge in [0.05, 0.1) is 5.69 Å². The predicted molar refractivity (Wildman–Crippen MR) is 105 cm³/mol. The van der Waals surface area contributed by atoms with Crippen molar-refractivity contribution in [2.45, 2.75) is 38.4 Å². The number of carbonyl (C=O) groups excluding carboxylic acids is 1. The van der Waals surface area contributed by atoms with Crippen LogP contribution in [0.2, 0.25) is 0 Å². The number of benzene rings is 2. The number of rotatable bonds is 3. The van der Waals surface area contributed by atoms with E-state index in [1.54, 1.807) is 10.7 Å². The van der Waals surface area contributed by atoms with Crippen LogP contribution < -0.4 is 14.8 Å². The van der Waals surface area contributed by atoms with E-state index in [4.69, 9.17) is 9.47 Å². The van der Waals surface area contributed by atoms with Crippen LogP contribution in [0, 0.1) is 6.92 Å². The summed E-state index contributed by atoms with van der Waals surface area (Å²) in [6.45, 7) is 1.93. The number of amides is 1. The third-order valence-corrected chi connectivity index (χ3v) is 5.28. The summed E-state index contributed by atoms with van der Waals surface area (Å²) in [5.74, 6) is 0.665. The van der Waals surface area contributed by atoms with Gasteiger partial charge in [-0.05, 0) is 50.1 Å². The number of aryl methyl sites for hydroxylation is 1. The number of nitrogens with one attached hydrogen (secondary N) is 1. The average molecular weight is 375 g/mol. The molecule has 1 amide bonds. The first-order chi connectivity index (χ1) is 13.6. The van der Waals surface area contributed by atoms with E-state index in [0.29, 0.717) is 17.1 Å². The molecular weight excluding hydrogens is 354 g/mol. The van der Waals surface area contributed by atoms with Gasteiger partial charge in [-0.3, -0.25) is 4.79 Å². The summed E-state index contributed by atoms with van der Waals surface area (Å²) in [7, 11) is 0. The minimum atomic E-state index is -0.503. The molecule has 0 saturated heterocycles. The van der Waals surface area contributed by atoms with Gasteiger partial charge in [-0.15, -0.1) is 0 Å². The molecule has 1 saturated carbocycles. The monoisotopic (exact) mass is 375 g/mol. The van der Waals surface area contributed by atoms with Gasteiger partial charge < -0.3 is 14.8 Å². The van der Waals surface area contributed by atoms with Crippen LogP contribution in [0.25, 0.3) is 5.69 Å². The molecule has 1 spiro atoms. The Morgan fingerprint density at radius 1 is 1.04 bits per heavy atom. The summed E-state index contributed by atoms with van der Waals surface area (Å²) in [5.41, 5.74) is 2.84. The van der Waals surface area contributed by atoms with E-state index in [-0.39, 0.29) is 5.91 Å². The molecule has 6 nitrogen and oxygen atoms in total. The zero-order valence-corrected chi connectivity index (χ0v) is 15.6. The van der Waals surface area contributed by atoms with E-state index in [9.17, 15) is 4.79 Å². The van der Waals surface area contributed by atoms with E-state index in [2.05, 4.69) is 10.4 Å². The van der Waals surface area contributed by atoms with Crippen LogP contribution in [0.5, 0.6) is 11.5 Å². The Morgan fingerprint density at radius 2 is 1.79 bits per heavy atom. The van der Waals surface area contributed by atoms with Crippen LogP contribution in [0.15, 0.2) is 54.6 Å². The predicted octanol–water partition coefficient (Wildman–Crippen LogP) is 4.47. The fourth-order valence-corrected chi connectivity index (χ4v) is 3.90. The second-order valence-corrected chi connectivity index (χ2v) is 7.36. The summed E-state index contributed by atoms with van der Waals surface area (Å²) >= 11 is 0. The molecule has 2 heterocycles. The summed E-state index contributed by atoms with van der Waals surface area (Å²) in [4.78, 5) is 12.7. The Bertz CT molecular complexity index is 1040. The van der Waals surface area contributed by atoms with E-state index in [1.165, 1.54) is 0 Å². The average Bonchev–Trinajstić information content (AvgIpc) is 3.41. The third-order valence-electron chi connectivity index (χ3n) is 5.28. The molecule has 6 heteroatoms. The Balaban J connectivity index is 1.35. The van der Waals surface area contributed by atoms with Gasteiger partial charge in [0.25, 0.3) is 11.7 Å². The van der Waals surface area contributed by atoms with Crippen LogP contribution in [0.1, 0.15) is 41.9 Å². The fourth-order valence-electron chi connectivity index (χ4n) is 3.90. The number of anilines is 1. The quantitative estimate of drug-likeness (QED) is 0.733. The lowest BCUT2D eigenvalue weighted by atomic mass is 10.2. The van der Waals surface area contributed by atoms with Crippen molar-refractivity contribution in [3.63, 3.8) is 0 Å². The first-order valence-electron chi connectivity index (χ1n) is 9.57. The first-order valence-corrected chi connectivity index (χ1v) is 9.57. The molecule has 1 aliphatic carbocycles. The molecule has 5 rings (SSSR count). The van der Waals surface area contributed by atoms with Crippen molar-refractivity contribution < 1.29 is 14.3 Å². The second-order valence-electron chi connectivity index (χ2n) is 7.36. The van der Waals surface area contributed by atoms with Crippen molar-refractivity contribution in [3.8, 4) is 17.2 Å². The highest BCUT2D eigenvalue weighted by atomic mass is 16.7. The van der Waals surface area contributed by atoms with Gasteiger partial charge in [0.2, 0.25) is 0 Å². The van der Waals surface area contributed by atoms with Crippen molar-refractivity contribution in [1.29, 1.82) is 0 Å². The Labute approximate surface area is 163 Å². The standard InChI is InChI=1S/C22H21N3O3/c1-15-13-18(24-25(15)17-7-3-2-4-8-17)21(26)23-16-9-10-19-20(14-16)28-22(27-19)11-5-6-12-22/h2-4,7-10,13-14H,5-6,11-12H2,1H3,(H,23,26). The topological polar surface area (TPSA) is 65.4 Å². The minimum absolute atomic E-state index is 0.257. The lowest BCUT2D eigenvalue weighted by Crippen LogP contribution is -2.34.